The summed E-state index contributed by atoms with van der Waals surface area (Å²) in [4.78, 5) is 21.1. The Hall–Kier alpha value is -2.04. The van der Waals surface area contributed by atoms with Crippen molar-refractivity contribution in [1.29, 1.82) is 0 Å². The summed E-state index contributed by atoms with van der Waals surface area (Å²) < 4.78 is 0. The van der Waals surface area contributed by atoms with E-state index in [2.05, 4.69) is 21.8 Å². The first kappa shape index (κ1) is 13.9. The summed E-state index contributed by atoms with van der Waals surface area (Å²) >= 11 is 0. The number of nitrogens with zero attached hydrogens (tertiary/aromatic N) is 2. The van der Waals surface area contributed by atoms with Gasteiger partial charge in [-0.15, -0.1) is 0 Å². The van der Waals surface area contributed by atoms with Crippen molar-refractivity contribution in [3.63, 3.8) is 0 Å². The molecule has 1 aromatic heterocycles. The molecule has 0 amide bonds. The number of fused-ring (bicyclic) bond motifs is 1. The van der Waals surface area contributed by atoms with Gasteiger partial charge in [0.2, 0.25) is 0 Å². The predicted molar refractivity (Wildman–Crippen MR) is 86.7 cm³/mol. The first-order valence-electron chi connectivity index (χ1n) is 7.74. The van der Waals surface area contributed by atoms with Crippen molar-refractivity contribution in [2.45, 2.75) is 45.1 Å². The van der Waals surface area contributed by atoms with E-state index in [-0.39, 0.29) is 5.56 Å². The van der Waals surface area contributed by atoms with E-state index in [1.807, 2.05) is 6.07 Å². The van der Waals surface area contributed by atoms with Crippen LogP contribution in [0.2, 0.25) is 0 Å². The van der Waals surface area contributed by atoms with Crippen molar-refractivity contribution in [3.05, 3.63) is 28.8 Å². The molecule has 112 valence electrons. The van der Waals surface area contributed by atoms with Crippen LogP contribution in [0.25, 0.3) is 10.9 Å². The van der Waals surface area contributed by atoms with Gasteiger partial charge in [-0.25, -0.2) is 4.98 Å². The zero-order valence-corrected chi connectivity index (χ0v) is 12.4. The summed E-state index contributed by atoms with van der Waals surface area (Å²) in [6.45, 7) is 3.25. The van der Waals surface area contributed by atoms with Gasteiger partial charge in [0.1, 0.15) is 0 Å². The third kappa shape index (κ3) is 2.60. The predicted octanol–water partition coefficient (Wildman–Crippen LogP) is 2.66. The Morgan fingerprint density at radius 2 is 2.24 bits per heavy atom. The second-order valence-electron chi connectivity index (χ2n) is 5.76. The molecule has 0 bridgehead atoms. The van der Waals surface area contributed by atoms with Crippen molar-refractivity contribution >= 4 is 22.3 Å². The van der Waals surface area contributed by atoms with Crippen LogP contribution in [-0.2, 0) is 0 Å². The summed E-state index contributed by atoms with van der Waals surface area (Å²) in [5.41, 5.74) is 8.49. The number of nitrogens with two attached hydrogens (primary N) is 1. The smallest absolute Gasteiger partial charge is 0.258 e. The van der Waals surface area contributed by atoms with Gasteiger partial charge in [0.05, 0.1) is 28.6 Å². The Morgan fingerprint density at radius 1 is 1.38 bits per heavy atom. The largest absolute Gasteiger partial charge is 0.397 e. The van der Waals surface area contributed by atoms with E-state index in [1.54, 1.807) is 6.07 Å². The fourth-order valence-corrected chi connectivity index (χ4v) is 3.29. The molecule has 2 heterocycles. The van der Waals surface area contributed by atoms with Crippen LogP contribution in [0.5, 0.6) is 0 Å². The molecule has 5 heteroatoms. The van der Waals surface area contributed by atoms with E-state index >= 15 is 0 Å². The second-order valence-corrected chi connectivity index (χ2v) is 5.76. The van der Waals surface area contributed by atoms with Crippen molar-refractivity contribution in [2.75, 3.05) is 17.2 Å². The lowest BCUT2D eigenvalue weighted by Gasteiger charge is -2.32. The average Bonchev–Trinajstić information content (AvgIpc) is 2.73. The molecule has 1 saturated heterocycles. The molecule has 0 aliphatic carbocycles. The minimum Gasteiger partial charge on any atom is -0.397 e. The highest BCUT2D eigenvalue weighted by Gasteiger charge is 2.22. The highest BCUT2D eigenvalue weighted by molar-refractivity contribution is 5.88. The van der Waals surface area contributed by atoms with E-state index in [1.165, 1.54) is 32.0 Å². The van der Waals surface area contributed by atoms with Gasteiger partial charge in [-0.2, -0.15) is 0 Å². The highest BCUT2D eigenvalue weighted by atomic mass is 16.1. The summed E-state index contributed by atoms with van der Waals surface area (Å²) in [7, 11) is 0. The lowest BCUT2D eigenvalue weighted by Crippen LogP contribution is -2.35. The standard InChI is InChI=1S/C16H22N4O/c1-2-11-6-4-3-5-7-20(11)15-9-14-12(8-13(15)17)16(21)19-10-18-14/h8-11H,2-7,17H2,1H3,(H,18,19,21). The molecule has 0 spiro atoms. The Balaban J connectivity index is 2.10. The SMILES string of the molecule is CCC1CCCCCN1c1cc2nc[nH]c(=O)c2cc1N. The molecule has 1 aromatic carbocycles. The van der Waals surface area contributed by atoms with E-state index < -0.39 is 0 Å². The summed E-state index contributed by atoms with van der Waals surface area (Å²) in [6, 6.07) is 4.25. The Bertz CT molecular complexity index is 694. The number of H-pyrrole nitrogens is 1. The van der Waals surface area contributed by atoms with Gasteiger partial charge >= 0.3 is 0 Å². The minimum atomic E-state index is -0.138. The van der Waals surface area contributed by atoms with Gasteiger partial charge in [0.15, 0.2) is 0 Å². The fourth-order valence-electron chi connectivity index (χ4n) is 3.29. The quantitative estimate of drug-likeness (QED) is 0.832. The van der Waals surface area contributed by atoms with Gasteiger partial charge in [0, 0.05) is 12.6 Å². The van der Waals surface area contributed by atoms with Crippen LogP contribution in [-0.4, -0.2) is 22.6 Å². The first-order valence-corrected chi connectivity index (χ1v) is 7.74. The molecule has 21 heavy (non-hydrogen) atoms. The van der Waals surface area contributed by atoms with Crippen LogP contribution in [0.1, 0.15) is 39.0 Å². The number of hydrogen-bond donors (Lipinski definition) is 2. The van der Waals surface area contributed by atoms with Crippen molar-refractivity contribution in [2.24, 2.45) is 0 Å². The van der Waals surface area contributed by atoms with Crippen LogP contribution in [0.15, 0.2) is 23.3 Å². The second kappa shape index (κ2) is 5.76. The molecule has 1 aliphatic heterocycles. The maximum Gasteiger partial charge on any atom is 0.258 e. The van der Waals surface area contributed by atoms with Gasteiger partial charge in [0.25, 0.3) is 5.56 Å². The third-order valence-corrected chi connectivity index (χ3v) is 4.45. The van der Waals surface area contributed by atoms with Crippen LogP contribution in [0.4, 0.5) is 11.4 Å². The molecular weight excluding hydrogens is 264 g/mol. The van der Waals surface area contributed by atoms with E-state index in [9.17, 15) is 4.79 Å². The number of anilines is 2. The minimum absolute atomic E-state index is 0.138. The maximum absolute atomic E-state index is 11.8. The molecule has 3 N–H and O–H groups in total. The fraction of sp³-hybridized carbons (Fsp3) is 0.500. The van der Waals surface area contributed by atoms with Crippen LogP contribution < -0.4 is 16.2 Å². The Labute approximate surface area is 124 Å². The number of aromatic nitrogens is 2. The summed E-state index contributed by atoms with van der Waals surface area (Å²) in [5, 5.41) is 0.557. The lowest BCUT2D eigenvalue weighted by atomic mass is 10.1. The number of hydrogen-bond acceptors (Lipinski definition) is 4. The molecule has 1 aliphatic rings. The van der Waals surface area contributed by atoms with E-state index in [0.29, 0.717) is 22.6 Å². The van der Waals surface area contributed by atoms with E-state index in [4.69, 9.17) is 5.73 Å². The molecule has 5 nitrogen and oxygen atoms in total. The summed E-state index contributed by atoms with van der Waals surface area (Å²) in [5.74, 6) is 0. The number of aromatic amines is 1. The topological polar surface area (TPSA) is 75.0 Å². The Morgan fingerprint density at radius 3 is 3.05 bits per heavy atom. The van der Waals surface area contributed by atoms with Crippen molar-refractivity contribution < 1.29 is 0 Å². The third-order valence-electron chi connectivity index (χ3n) is 4.45. The monoisotopic (exact) mass is 286 g/mol. The molecule has 3 rings (SSSR count). The zero-order chi connectivity index (χ0) is 14.8. The van der Waals surface area contributed by atoms with E-state index in [0.717, 1.165) is 18.7 Å². The van der Waals surface area contributed by atoms with Crippen LogP contribution in [0, 0.1) is 0 Å². The van der Waals surface area contributed by atoms with Crippen LogP contribution >= 0.6 is 0 Å². The summed E-state index contributed by atoms with van der Waals surface area (Å²) in [6.07, 6.45) is 7.51. The molecule has 0 radical (unpaired) electrons. The molecule has 1 atom stereocenters. The first-order chi connectivity index (χ1) is 10.2. The number of nitrogens with one attached hydrogen (secondary N) is 1. The van der Waals surface area contributed by atoms with Crippen molar-refractivity contribution in [1.82, 2.24) is 9.97 Å². The lowest BCUT2D eigenvalue weighted by molar-refractivity contribution is 0.557. The molecule has 2 aromatic rings. The number of nitrogen functional groups attached to an aromatic ring is 1. The maximum atomic E-state index is 11.8. The molecular formula is C16H22N4O. The van der Waals surface area contributed by atoms with Crippen molar-refractivity contribution in [3.8, 4) is 0 Å². The number of rotatable bonds is 2. The Kier molecular flexibility index (Phi) is 3.82. The molecule has 0 saturated carbocycles. The van der Waals surface area contributed by atoms with Gasteiger partial charge in [-0.1, -0.05) is 19.8 Å². The molecule has 1 unspecified atom stereocenters. The average molecular weight is 286 g/mol. The highest BCUT2D eigenvalue weighted by Crippen LogP contribution is 2.32. The van der Waals surface area contributed by atoms with Crippen LogP contribution in [0.3, 0.4) is 0 Å². The van der Waals surface area contributed by atoms with Gasteiger partial charge in [-0.3, -0.25) is 4.79 Å². The van der Waals surface area contributed by atoms with Gasteiger partial charge in [-0.05, 0) is 31.4 Å². The zero-order valence-electron chi connectivity index (χ0n) is 12.4. The molecule has 1 fully saturated rings. The number of benzene rings is 1. The normalized spacial score (nSPS) is 19.7. The van der Waals surface area contributed by atoms with Gasteiger partial charge < -0.3 is 15.6 Å².